The normalized spacial score (nSPS) is 19.8. The Morgan fingerprint density at radius 3 is 2.80 bits per heavy atom. The van der Waals surface area contributed by atoms with Crippen LogP contribution in [0.25, 0.3) is 0 Å². The van der Waals surface area contributed by atoms with Crippen LogP contribution in [0, 0.1) is 5.82 Å². The van der Waals surface area contributed by atoms with Crippen molar-refractivity contribution in [3.8, 4) is 0 Å². The molecule has 1 aromatic rings. The molecule has 3 nitrogen and oxygen atoms in total. The Bertz CT molecular complexity index is 441. The fraction of sp³-hybridized carbons (Fsp3) is 0.600. The number of benzene rings is 1. The number of halogens is 2. The average molecular weight is 303 g/mol. The molecule has 2 rings (SSSR count). The van der Waals surface area contributed by atoms with Crippen molar-refractivity contribution in [2.45, 2.75) is 37.9 Å². The first kappa shape index (κ1) is 15.7. The van der Waals surface area contributed by atoms with Gasteiger partial charge in [0, 0.05) is 44.1 Å². The molecular weight excluding hydrogens is 283 g/mol. The topological polar surface area (TPSA) is 38.7 Å². The summed E-state index contributed by atoms with van der Waals surface area (Å²) < 4.78 is 24.9. The molecule has 0 bridgehead atoms. The molecule has 112 valence electrons. The van der Waals surface area contributed by atoms with Gasteiger partial charge in [0.05, 0.1) is 11.7 Å². The van der Waals surface area contributed by atoms with E-state index < -0.39 is 11.7 Å². The van der Waals surface area contributed by atoms with Crippen molar-refractivity contribution in [2.75, 3.05) is 19.8 Å². The molecule has 1 fully saturated rings. The van der Waals surface area contributed by atoms with Crippen molar-refractivity contribution in [1.82, 2.24) is 0 Å². The highest BCUT2D eigenvalue weighted by Crippen LogP contribution is 2.31. The molecule has 0 aliphatic carbocycles. The third kappa shape index (κ3) is 3.50. The number of hydrogen-bond acceptors (Lipinski definition) is 3. The van der Waals surface area contributed by atoms with E-state index in [0.29, 0.717) is 43.2 Å². The minimum atomic E-state index is -0.778. The van der Waals surface area contributed by atoms with Crippen molar-refractivity contribution in [3.63, 3.8) is 0 Å². The third-order valence-electron chi connectivity index (χ3n) is 3.80. The van der Waals surface area contributed by atoms with Crippen LogP contribution in [-0.4, -0.2) is 36.6 Å². The zero-order valence-electron chi connectivity index (χ0n) is 11.6. The molecular formula is C15H20ClFO3. The van der Waals surface area contributed by atoms with Crippen LogP contribution in [0.5, 0.6) is 0 Å². The highest BCUT2D eigenvalue weighted by atomic mass is 35.5. The number of ether oxygens (including phenoxy) is 2. The average Bonchev–Trinajstić information content (AvgIpc) is 2.44. The van der Waals surface area contributed by atoms with Crippen LogP contribution in [0.15, 0.2) is 18.2 Å². The Morgan fingerprint density at radius 2 is 2.15 bits per heavy atom. The van der Waals surface area contributed by atoms with E-state index in [2.05, 4.69) is 0 Å². The van der Waals surface area contributed by atoms with Crippen LogP contribution < -0.4 is 0 Å². The summed E-state index contributed by atoms with van der Waals surface area (Å²) in [6.45, 7) is 3.50. The van der Waals surface area contributed by atoms with Crippen molar-refractivity contribution in [1.29, 1.82) is 0 Å². The van der Waals surface area contributed by atoms with E-state index in [1.165, 1.54) is 12.1 Å². The molecule has 0 amide bonds. The molecule has 1 aliphatic rings. The Kier molecular flexibility index (Phi) is 5.38. The van der Waals surface area contributed by atoms with E-state index in [0.717, 1.165) is 0 Å². The summed E-state index contributed by atoms with van der Waals surface area (Å²) in [5, 5.41) is 11.0. The first-order chi connectivity index (χ1) is 9.57. The van der Waals surface area contributed by atoms with E-state index in [-0.39, 0.29) is 12.2 Å². The molecule has 1 heterocycles. The van der Waals surface area contributed by atoms with Gasteiger partial charge in [-0.15, -0.1) is 0 Å². The van der Waals surface area contributed by atoms with Crippen molar-refractivity contribution < 1.29 is 19.0 Å². The number of aliphatic hydroxyl groups is 1. The molecule has 0 spiro atoms. The van der Waals surface area contributed by atoms with Gasteiger partial charge in [-0.05, 0) is 30.7 Å². The van der Waals surface area contributed by atoms with Crippen LogP contribution in [0.1, 0.15) is 25.3 Å². The first-order valence-electron chi connectivity index (χ1n) is 6.91. The molecule has 1 atom stereocenters. The molecule has 1 saturated heterocycles. The summed E-state index contributed by atoms with van der Waals surface area (Å²) in [4.78, 5) is 0. The molecule has 1 N–H and O–H groups in total. The summed E-state index contributed by atoms with van der Waals surface area (Å²) in [7, 11) is 0. The van der Waals surface area contributed by atoms with E-state index in [1.807, 2.05) is 6.92 Å². The Labute approximate surface area is 123 Å². The standard InChI is InChI=1S/C15H20ClFO3/c1-2-20-15(5-7-19-8-6-15)14(18)10-11-9-12(16)3-4-13(11)17/h3-4,9,14,18H,2,5-8,10H2,1H3. The van der Waals surface area contributed by atoms with Gasteiger partial charge in [-0.25, -0.2) is 4.39 Å². The van der Waals surface area contributed by atoms with Crippen molar-refractivity contribution in [2.24, 2.45) is 0 Å². The smallest absolute Gasteiger partial charge is 0.126 e. The lowest BCUT2D eigenvalue weighted by molar-refractivity contribution is -0.165. The molecule has 0 saturated carbocycles. The van der Waals surface area contributed by atoms with Gasteiger partial charge in [0.2, 0.25) is 0 Å². The van der Waals surface area contributed by atoms with Gasteiger partial charge >= 0.3 is 0 Å². The Balaban J connectivity index is 2.15. The molecule has 0 radical (unpaired) electrons. The molecule has 0 aromatic heterocycles. The third-order valence-corrected chi connectivity index (χ3v) is 4.03. The van der Waals surface area contributed by atoms with Crippen LogP contribution in [0.2, 0.25) is 5.02 Å². The monoisotopic (exact) mass is 302 g/mol. The summed E-state index contributed by atoms with van der Waals surface area (Å²) in [5.41, 5.74) is -0.238. The lowest BCUT2D eigenvalue weighted by Crippen LogP contribution is -2.50. The summed E-state index contributed by atoms with van der Waals surface area (Å²) in [5.74, 6) is -0.354. The fourth-order valence-corrected chi connectivity index (χ4v) is 2.87. The zero-order valence-corrected chi connectivity index (χ0v) is 12.3. The maximum Gasteiger partial charge on any atom is 0.126 e. The molecule has 5 heteroatoms. The van der Waals surface area contributed by atoms with E-state index in [4.69, 9.17) is 21.1 Å². The van der Waals surface area contributed by atoms with Crippen molar-refractivity contribution >= 4 is 11.6 Å². The SMILES string of the molecule is CCOC1(C(O)Cc2cc(Cl)ccc2F)CCOCC1. The van der Waals surface area contributed by atoms with Gasteiger partial charge in [-0.3, -0.25) is 0 Å². The largest absolute Gasteiger partial charge is 0.390 e. The predicted molar refractivity (Wildman–Crippen MR) is 75.5 cm³/mol. The number of rotatable bonds is 5. The Hall–Kier alpha value is -0.680. The van der Waals surface area contributed by atoms with E-state index in [9.17, 15) is 9.50 Å². The highest BCUT2D eigenvalue weighted by molar-refractivity contribution is 6.30. The van der Waals surface area contributed by atoms with Crippen LogP contribution in [-0.2, 0) is 15.9 Å². The number of hydrogen-bond donors (Lipinski definition) is 1. The maximum absolute atomic E-state index is 13.8. The Morgan fingerprint density at radius 1 is 1.45 bits per heavy atom. The summed E-state index contributed by atoms with van der Waals surface area (Å²) in [6.07, 6.45) is 0.639. The fourth-order valence-electron chi connectivity index (χ4n) is 2.67. The van der Waals surface area contributed by atoms with Gasteiger partial charge in [0.15, 0.2) is 0 Å². The predicted octanol–water partition coefficient (Wildman–Crippen LogP) is 2.97. The molecule has 1 aliphatic heterocycles. The zero-order chi connectivity index (χ0) is 14.6. The summed E-state index contributed by atoms with van der Waals surface area (Å²) in [6, 6.07) is 4.38. The minimum absolute atomic E-state index is 0.187. The van der Waals surface area contributed by atoms with Crippen molar-refractivity contribution in [3.05, 3.63) is 34.6 Å². The number of aliphatic hydroxyl groups excluding tert-OH is 1. The second kappa shape index (κ2) is 6.85. The first-order valence-corrected chi connectivity index (χ1v) is 7.29. The van der Waals surface area contributed by atoms with Gasteiger partial charge < -0.3 is 14.6 Å². The lowest BCUT2D eigenvalue weighted by Gasteiger charge is -2.40. The highest BCUT2D eigenvalue weighted by Gasteiger charge is 2.40. The second-order valence-electron chi connectivity index (χ2n) is 5.07. The lowest BCUT2D eigenvalue weighted by atomic mass is 9.84. The van der Waals surface area contributed by atoms with Crippen LogP contribution >= 0.6 is 11.6 Å². The second-order valence-corrected chi connectivity index (χ2v) is 5.50. The molecule has 20 heavy (non-hydrogen) atoms. The van der Waals surface area contributed by atoms with E-state index >= 15 is 0 Å². The van der Waals surface area contributed by atoms with Gasteiger partial charge in [0.25, 0.3) is 0 Å². The quantitative estimate of drug-likeness (QED) is 0.909. The van der Waals surface area contributed by atoms with Gasteiger partial charge in [0.1, 0.15) is 5.82 Å². The van der Waals surface area contributed by atoms with E-state index in [1.54, 1.807) is 6.07 Å². The van der Waals surface area contributed by atoms with Gasteiger partial charge in [-0.1, -0.05) is 11.6 Å². The van der Waals surface area contributed by atoms with Gasteiger partial charge in [-0.2, -0.15) is 0 Å². The summed E-state index contributed by atoms with van der Waals surface area (Å²) >= 11 is 5.88. The maximum atomic E-state index is 13.8. The van der Waals surface area contributed by atoms with Crippen LogP contribution in [0.4, 0.5) is 4.39 Å². The minimum Gasteiger partial charge on any atom is -0.390 e. The molecule has 1 aromatic carbocycles. The van der Waals surface area contributed by atoms with Crippen LogP contribution in [0.3, 0.4) is 0 Å². The molecule has 1 unspecified atom stereocenters.